The Morgan fingerprint density at radius 3 is 2.47 bits per heavy atom. The van der Waals surface area contributed by atoms with Gasteiger partial charge in [0.1, 0.15) is 11.4 Å². The van der Waals surface area contributed by atoms with Crippen LogP contribution >= 0.6 is 0 Å². The van der Waals surface area contributed by atoms with Crippen LogP contribution in [0, 0.1) is 10.1 Å². The van der Waals surface area contributed by atoms with Crippen LogP contribution in [0.25, 0.3) is 0 Å². The van der Waals surface area contributed by atoms with E-state index < -0.39 is 16.4 Å². The number of nitrogens with zero attached hydrogens (tertiary/aromatic N) is 1. The Morgan fingerprint density at radius 2 is 2.00 bits per heavy atom. The Balaban J connectivity index is 3.14. The van der Waals surface area contributed by atoms with Crippen LogP contribution in [0.15, 0.2) is 18.2 Å². The van der Waals surface area contributed by atoms with Crippen molar-refractivity contribution in [2.45, 2.75) is 25.8 Å². The molecule has 7 nitrogen and oxygen atoms in total. The van der Waals surface area contributed by atoms with E-state index in [0.29, 0.717) is 11.4 Å². The normalized spacial score (nSPS) is 10.9. The van der Waals surface area contributed by atoms with E-state index in [2.05, 4.69) is 10.6 Å². The number of nitrogens with two attached hydrogens (primary N) is 1. The number of amides is 1. The van der Waals surface area contributed by atoms with Gasteiger partial charge in [0.2, 0.25) is 5.91 Å². The van der Waals surface area contributed by atoms with Gasteiger partial charge in [-0.25, -0.2) is 0 Å². The van der Waals surface area contributed by atoms with Crippen LogP contribution in [0.3, 0.4) is 0 Å². The number of nitro benzene ring substituents is 1. The summed E-state index contributed by atoms with van der Waals surface area (Å²) in [5, 5.41) is 16.9. The van der Waals surface area contributed by atoms with Gasteiger partial charge in [-0.1, -0.05) is 6.07 Å². The summed E-state index contributed by atoms with van der Waals surface area (Å²) in [6.07, 6.45) is 0.0773. The monoisotopic (exact) mass is 266 g/mol. The number of carbonyl (C=O) groups excluding carboxylic acids is 1. The zero-order valence-corrected chi connectivity index (χ0v) is 11.2. The first-order valence-corrected chi connectivity index (χ1v) is 5.78. The minimum absolute atomic E-state index is 0.0532. The van der Waals surface area contributed by atoms with Crippen LogP contribution in [0.2, 0.25) is 0 Å². The Labute approximate surface area is 111 Å². The third kappa shape index (κ3) is 3.84. The van der Waals surface area contributed by atoms with Gasteiger partial charge in [-0.2, -0.15) is 0 Å². The third-order valence-electron chi connectivity index (χ3n) is 2.58. The van der Waals surface area contributed by atoms with E-state index in [1.54, 1.807) is 39.1 Å². The van der Waals surface area contributed by atoms with E-state index in [0.717, 1.165) is 0 Å². The molecular formula is C12H18N4O3. The number of benzene rings is 1. The molecule has 7 heteroatoms. The van der Waals surface area contributed by atoms with Crippen molar-refractivity contribution >= 4 is 23.0 Å². The van der Waals surface area contributed by atoms with Gasteiger partial charge in [-0.05, 0) is 26.0 Å². The van der Waals surface area contributed by atoms with Crippen LogP contribution in [-0.2, 0) is 4.79 Å². The maximum absolute atomic E-state index is 11.1. The Kier molecular flexibility index (Phi) is 4.31. The van der Waals surface area contributed by atoms with Crippen molar-refractivity contribution in [1.82, 2.24) is 0 Å². The molecule has 0 atom stereocenters. The van der Waals surface area contributed by atoms with E-state index in [1.807, 2.05) is 0 Å². The number of carbonyl (C=O) groups is 1. The highest BCUT2D eigenvalue weighted by Gasteiger charge is 2.26. The summed E-state index contributed by atoms with van der Waals surface area (Å²) in [4.78, 5) is 21.7. The summed E-state index contributed by atoms with van der Waals surface area (Å²) < 4.78 is 0. The van der Waals surface area contributed by atoms with E-state index >= 15 is 0 Å². The summed E-state index contributed by atoms with van der Waals surface area (Å²) in [5.74, 6) is -0.468. The van der Waals surface area contributed by atoms with Crippen molar-refractivity contribution in [2.24, 2.45) is 5.73 Å². The van der Waals surface area contributed by atoms with Crippen molar-refractivity contribution in [3.63, 3.8) is 0 Å². The van der Waals surface area contributed by atoms with Gasteiger partial charge in [0.25, 0.3) is 0 Å². The molecule has 1 aromatic rings. The largest absolute Gasteiger partial charge is 0.382 e. The lowest BCUT2D eigenvalue weighted by Gasteiger charge is -2.26. The van der Waals surface area contributed by atoms with E-state index in [-0.39, 0.29) is 12.1 Å². The standard InChI is InChI=1S/C12H18N4O3/c1-12(2,7-10(13)17)15-9-6-4-5-8(14-3)11(9)16(18)19/h4-6,14-15H,7H2,1-3H3,(H2,13,17). The molecule has 0 fully saturated rings. The molecule has 0 spiro atoms. The quantitative estimate of drug-likeness (QED) is 0.536. The maximum atomic E-state index is 11.1. The summed E-state index contributed by atoms with van der Waals surface area (Å²) in [6, 6.07) is 4.91. The van der Waals surface area contributed by atoms with Gasteiger partial charge in [-0.3, -0.25) is 14.9 Å². The summed E-state index contributed by atoms with van der Waals surface area (Å²) >= 11 is 0. The second-order valence-corrected chi connectivity index (χ2v) is 4.86. The lowest BCUT2D eigenvalue weighted by atomic mass is 9.99. The fourth-order valence-electron chi connectivity index (χ4n) is 1.89. The molecular weight excluding hydrogens is 248 g/mol. The van der Waals surface area contributed by atoms with E-state index in [4.69, 9.17) is 5.73 Å². The zero-order chi connectivity index (χ0) is 14.6. The Morgan fingerprint density at radius 1 is 1.42 bits per heavy atom. The molecule has 0 aliphatic carbocycles. The van der Waals surface area contributed by atoms with Gasteiger partial charge >= 0.3 is 5.69 Å². The number of primary amides is 1. The van der Waals surface area contributed by atoms with Gasteiger partial charge in [0.15, 0.2) is 0 Å². The number of hydrogen-bond donors (Lipinski definition) is 3. The highest BCUT2D eigenvalue weighted by molar-refractivity contribution is 5.79. The Hall–Kier alpha value is -2.31. The predicted octanol–water partition coefficient (Wildman–Crippen LogP) is 1.70. The highest BCUT2D eigenvalue weighted by Crippen LogP contribution is 2.34. The average molecular weight is 266 g/mol. The predicted molar refractivity (Wildman–Crippen MR) is 74.2 cm³/mol. The molecule has 0 radical (unpaired) electrons. The fourth-order valence-corrected chi connectivity index (χ4v) is 1.89. The first-order valence-electron chi connectivity index (χ1n) is 5.78. The number of nitro groups is 1. The molecule has 104 valence electrons. The van der Waals surface area contributed by atoms with E-state index in [9.17, 15) is 14.9 Å². The number of hydrogen-bond acceptors (Lipinski definition) is 5. The van der Waals surface area contributed by atoms with Crippen molar-refractivity contribution < 1.29 is 9.72 Å². The van der Waals surface area contributed by atoms with Gasteiger partial charge in [-0.15, -0.1) is 0 Å². The van der Waals surface area contributed by atoms with Gasteiger partial charge in [0, 0.05) is 19.0 Å². The van der Waals surface area contributed by atoms with Crippen LogP contribution in [0.4, 0.5) is 17.1 Å². The summed E-state index contributed by atoms with van der Waals surface area (Å²) in [7, 11) is 1.61. The lowest BCUT2D eigenvalue weighted by Crippen LogP contribution is -2.36. The van der Waals surface area contributed by atoms with Crippen molar-refractivity contribution in [3.8, 4) is 0 Å². The number of anilines is 2. The number of rotatable bonds is 6. The smallest absolute Gasteiger partial charge is 0.315 e. The van der Waals surface area contributed by atoms with Crippen LogP contribution < -0.4 is 16.4 Å². The lowest BCUT2D eigenvalue weighted by molar-refractivity contribution is -0.383. The van der Waals surface area contributed by atoms with Crippen molar-refractivity contribution in [3.05, 3.63) is 28.3 Å². The molecule has 4 N–H and O–H groups in total. The van der Waals surface area contributed by atoms with Crippen molar-refractivity contribution in [2.75, 3.05) is 17.7 Å². The molecule has 1 aromatic carbocycles. The topological polar surface area (TPSA) is 110 Å². The molecule has 1 amide bonds. The minimum atomic E-state index is -0.664. The molecule has 1 rings (SSSR count). The third-order valence-corrected chi connectivity index (χ3v) is 2.58. The average Bonchev–Trinajstić information content (AvgIpc) is 2.25. The molecule has 0 saturated heterocycles. The van der Waals surface area contributed by atoms with Crippen LogP contribution in [0.1, 0.15) is 20.3 Å². The zero-order valence-electron chi connectivity index (χ0n) is 11.2. The van der Waals surface area contributed by atoms with Crippen LogP contribution in [0.5, 0.6) is 0 Å². The fraction of sp³-hybridized carbons (Fsp3) is 0.417. The second-order valence-electron chi connectivity index (χ2n) is 4.86. The molecule has 0 aliphatic heterocycles. The first kappa shape index (κ1) is 14.7. The molecule has 0 saturated carbocycles. The summed E-state index contributed by atoms with van der Waals surface area (Å²) in [6.45, 7) is 3.51. The maximum Gasteiger partial charge on any atom is 0.315 e. The highest BCUT2D eigenvalue weighted by atomic mass is 16.6. The first-order chi connectivity index (χ1) is 8.76. The molecule has 0 unspecified atom stereocenters. The molecule has 19 heavy (non-hydrogen) atoms. The molecule has 0 aromatic heterocycles. The van der Waals surface area contributed by atoms with Crippen molar-refractivity contribution in [1.29, 1.82) is 0 Å². The summed E-state index contributed by atoms with van der Waals surface area (Å²) in [5.41, 5.74) is 5.20. The SMILES string of the molecule is CNc1cccc(NC(C)(C)CC(N)=O)c1[N+](=O)[O-]. The minimum Gasteiger partial charge on any atom is -0.382 e. The number of nitrogens with one attached hydrogen (secondary N) is 2. The van der Waals surface area contributed by atoms with Gasteiger partial charge in [0.05, 0.1) is 4.92 Å². The second kappa shape index (κ2) is 5.55. The van der Waals surface area contributed by atoms with E-state index in [1.165, 1.54) is 0 Å². The molecule has 0 heterocycles. The molecule has 0 aliphatic rings. The van der Waals surface area contributed by atoms with Gasteiger partial charge < -0.3 is 16.4 Å². The molecule has 0 bridgehead atoms. The number of para-hydroxylation sites is 1. The van der Waals surface area contributed by atoms with Crippen LogP contribution in [-0.4, -0.2) is 23.4 Å². The Bertz CT molecular complexity index is 500.